The van der Waals surface area contributed by atoms with Crippen molar-refractivity contribution in [3.05, 3.63) is 23.9 Å². The molecule has 0 aliphatic carbocycles. The molecule has 3 nitrogen and oxygen atoms in total. The number of rotatable bonds is 2. The van der Waals surface area contributed by atoms with Gasteiger partial charge in [0.25, 0.3) is 0 Å². The first-order valence-corrected chi connectivity index (χ1v) is 6.65. The maximum Gasteiger partial charge on any atom is 0.166 e. The minimum Gasteiger partial charge on any atom is -0.356 e. The van der Waals surface area contributed by atoms with Gasteiger partial charge in [-0.15, -0.1) is 0 Å². The number of nitrogens with zero attached hydrogens (tertiary/aromatic N) is 2. The molecule has 1 saturated heterocycles. The van der Waals surface area contributed by atoms with Crippen molar-refractivity contribution in [2.24, 2.45) is 0 Å². The van der Waals surface area contributed by atoms with Crippen molar-refractivity contribution < 1.29 is 4.52 Å². The first-order valence-electron chi connectivity index (χ1n) is 6.65. The summed E-state index contributed by atoms with van der Waals surface area (Å²) in [6, 6.07) is 5.81. The lowest BCUT2D eigenvalue weighted by atomic mass is 9.90. The molecule has 4 heteroatoms. The highest BCUT2D eigenvalue weighted by atomic mass is 16.5. The average molecular weight is 240 g/mol. The molecule has 1 aliphatic rings. The highest BCUT2D eigenvalue weighted by Gasteiger charge is 2.24. The molecule has 1 aliphatic heterocycles. The summed E-state index contributed by atoms with van der Waals surface area (Å²) in [5.74, 6) is 0.526. The normalized spacial score (nSPS) is 18.5. The molecular formula is C14H17BN2O. The summed E-state index contributed by atoms with van der Waals surface area (Å²) >= 11 is 0. The predicted molar refractivity (Wildman–Crippen MR) is 73.5 cm³/mol. The molecular weight excluding hydrogens is 223 g/mol. The Morgan fingerprint density at radius 1 is 1.39 bits per heavy atom. The molecule has 2 aromatic rings. The molecule has 0 unspecified atom stereocenters. The summed E-state index contributed by atoms with van der Waals surface area (Å²) in [5.41, 5.74) is 2.65. The van der Waals surface area contributed by atoms with Crippen LogP contribution in [0, 0.1) is 0 Å². The predicted octanol–water partition coefficient (Wildman–Crippen LogP) is 1.82. The fraction of sp³-hybridized carbons (Fsp3) is 0.500. The second-order valence-electron chi connectivity index (χ2n) is 5.03. The Bertz CT molecular complexity index is 544. The van der Waals surface area contributed by atoms with Gasteiger partial charge < -0.3 is 9.42 Å². The second kappa shape index (κ2) is 4.77. The van der Waals surface area contributed by atoms with Gasteiger partial charge in [0.1, 0.15) is 7.85 Å². The molecule has 0 saturated carbocycles. The first kappa shape index (κ1) is 11.8. The van der Waals surface area contributed by atoms with E-state index in [4.69, 9.17) is 12.4 Å². The van der Waals surface area contributed by atoms with Gasteiger partial charge in [0.05, 0.1) is 5.69 Å². The SMILES string of the molecule is [B]c1ccc2c(C3CCN(CC)CC3)noc2c1. The monoisotopic (exact) mass is 240 g/mol. The lowest BCUT2D eigenvalue weighted by Gasteiger charge is -2.29. The Kier molecular flexibility index (Phi) is 3.12. The number of benzene rings is 1. The Morgan fingerprint density at radius 3 is 2.89 bits per heavy atom. The third kappa shape index (κ3) is 2.05. The molecule has 2 heterocycles. The Balaban J connectivity index is 1.87. The van der Waals surface area contributed by atoms with Crippen molar-refractivity contribution in [2.45, 2.75) is 25.7 Å². The van der Waals surface area contributed by atoms with Gasteiger partial charge >= 0.3 is 0 Å². The third-order valence-electron chi connectivity index (χ3n) is 3.95. The molecule has 0 spiro atoms. The third-order valence-corrected chi connectivity index (χ3v) is 3.95. The molecule has 2 radical (unpaired) electrons. The van der Waals surface area contributed by atoms with Crippen LogP contribution in [0.25, 0.3) is 11.0 Å². The van der Waals surface area contributed by atoms with Gasteiger partial charge in [-0.05, 0) is 44.6 Å². The smallest absolute Gasteiger partial charge is 0.166 e. The van der Waals surface area contributed by atoms with Gasteiger partial charge in [-0.3, -0.25) is 0 Å². The quantitative estimate of drug-likeness (QED) is 0.750. The summed E-state index contributed by atoms with van der Waals surface area (Å²) in [6.07, 6.45) is 2.33. The molecule has 3 rings (SSSR count). The molecule has 0 amide bonds. The van der Waals surface area contributed by atoms with Crippen molar-refractivity contribution in [3.8, 4) is 0 Å². The van der Waals surface area contributed by atoms with E-state index in [1.54, 1.807) is 0 Å². The topological polar surface area (TPSA) is 29.3 Å². The zero-order valence-corrected chi connectivity index (χ0v) is 10.7. The van der Waals surface area contributed by atoms with Crippen LogP contribution in [0.4, 0.5) is 0 Å². The van der Waals surface area contributed by atoms with Crippen LogP contribution in [0.2, 0.25) is 0 Å². The maximum atomic E-state index is 5.75. The standard InChI is InChI=1S/C14H17BN2O/c1-2-17-7-5-10(6-8-17)14-12-4-3-11(15)9-13(12)18-16-14/h3-4,9-10H,2,5-8H2,1H3. The highest BCUT2D eigenvalue weighted by Crippen LogP contribution is 2.31. The van der Waals surface area contributed by atoms with Crippen molar-refractivity contribution in [1.82, 2.24) is 10.1 Å². The van der Waals surface area contributed by atoms with Crippen LogP contribution in [-0.4, -0.2) is 37.5 Å². The number of likely N-dealkylation sites (tertiary alicyclic amines) is 1. The zero-order chi connectivity index (χ0) is 12.5. The summed E-state index contributed by atoms with van der Waals surface area (Å²) in [7, 11) is 5.75. The van der Waals surface area contributed by atoms with Crippen molar-refractivity contribution >= 4 is 24.3 Å². The van der Waals surface area contributed by atoms with E-state index < -0.39 is 0 Å². The van der Waals surface area contributed by atoms with Gasteiger partial charge in [0, 0.05) is 11.3 Å². The average Bonchev–Trinajstić information content (AvgIpc) is 2.81. The van der Waals surface area contributed by atoms with Crippen molar-refractivity contribution in [2.75, 3.05) is 19.6 Å². The molecule has 1 aromatic carbocycles. The van der Waals surface area contributed by atoms with Crippen LogP contribution in [-0.2, 0) is 0 Å². The van der Waals surface area contributed by atoms with Gasteiger partial charge in [-0.25, -0.2) is 0 Å². The van der Waals surface area contributed by atoms with E-state index >= 15 is 0 Å². The molecule has 18 heavy (non-hydrogen) atoms. The highest BCUT2D eigenvalue weighted by molar-refractivity contribution is 6.33. The number of hydrogen-bond acceptors (Lipinski definition) is 3. The molecule has 1 aromatic heterocycles. The van der Waals surface area contributed by atoms with Crippen LogP contribution in [0.15, 0.2) is 22.7 Å². The van der Waals surface area contributed by atoms with Crippen LogP contribution >= 0.6 is 0 Å². The Labute approximate surface area is 109 Å². The van der Waals surface area contributed by atoms with E-state index in [1.807, 2.05) is 18.2 Å². The fourth-order valence-corrected chi connectivity index (χ4v) is 2.79. The lowest BCUT2D eigenvalue weighted by molar-refractivity contribution is 0.219. The van der Waals surface area contributed by atoms with E-state index in [0.29, 0.717) is 5.92 Å². The van der Waals surface area contributed by atoms with Gasteiger partial charge in [0.15, 0.2) is 5.58 Å². The summed E-state index contributed by atoms with van der Waals surface area (Å²) < 4.78 is 5.39. The van der Waals surface area contributed by atoms with E-state index in [2.05, 4.69) is 17.0 Å². The second-order valence-corrected chi connectivity index (χ2v) is 5.03. The van der Waals surface area contributed by atoms with E-state index in [1.165, 1.54) is 12.8 Å². The minimum atomic E-state index is 0.526. The number of piperidine rings is 1. The van der Waals surface area contributed by atoms with Gasteiger partial charge in [0.2, 0.25) is 0 Å². The largest absolute Gasteiger partial charge is 0.356 e. The fourth-order valence-electron chi connectivity index (χ4n) is 2.79. The van der Waals surface area contributed by atoms with Crippen LogP contribution in [0.1, 0.15) is 31.4 Å². The lowest BCUT2D eigenvalue weighted by Crippen LogP contribution is -2.32. The molecule has 1 fully saturated rings. The van der Waals surface area contributed by atoms with E-state index in [9.17, 15) is 0 Å². The first-order chi connectivity index (χ1) is 8.78. The Hall–Kier alpha value is -1.29. The van der Waals surface area contributed by atoms with Gasteiger partial charge in [-0.1, -0.05) is 23.6 Å². The summed E-state index contributed by atoms with van der Waals surface area (Å²) in [5, 5.41) is 5.39. The molecule has 0 N–H and O–H groups in total. The number of hydrogen-bond donors (Lipinski definition) is 0. The van der Waals surface area contributed by atoms with Crippen molar-refractivity contribution in [1.29, 1.82) is 0 Å². The minimum absolute atomic E-state index is 0.526. The van der Waals surface area contributed by atoms with Crippen LogP contribution in [0.5, 0.6) is 0 Å². The van der Waals surface area contributed by atoms with E-state index in [-0.39, 0.29) is 0 Å². The summed E-state index contributed by atoms with van der Waals surface area (Å²) in [4.78, 5) is 2.48. The Morgan fingerprint density at radius 2 is 2.17 bits per heavy atom. The van der Waals surface area contributed by atoms with Crippen molar-refractivity contribution in [3.63, 3.8) is 0 Å². The maximum absolute atomic E-state index is 5.75. The summed E-state index contributed by atoms with van der Waals surface area (Å²) in [6.45, 7) is 5.67. The van der Waals surface area contributed by atoms with Crippen LogP contribution in [0.3, 0.4) is 0 Å². The van der Waals surface area contributed by atoms with E-state index in [0.717, 1.165) is 41.8 Å². The number of aromatic nitrogens is 1. The zero-order valence-electron chi connectivity index (χ0n) is 10.7. The molecule has 0 bridgehead atoms. The molecule has 92 valence electrons. The van der Waals surface area contributed by atoms with Crippen LogP contribution < -0.4 is 5.46 Å². The molecule has 0 atom stereocenters. The van der Waals surface area contributed by atoms with Gasteiger partial charge in [-0.2, -0.15) is 0 Å². The number of fused-ring (bicyclic) bond motifs is 1.